The number of hydrogen-bond donors (Lipinski definition) is 2. The van der Waals surface area contributed by atoms with Crippen LogP contribution in [0, 0.1) is 5.92 Å². The number of carbonyl (C=O) groups excluding carboxylic acids is 1. The molecule has 2 atom stereocenters. The normalized spacial score (nSPS) is 34.3. The van der Waals surface area contributed by atoms with E-state index in [2.05, 4.69) is 12.2 Å². The van der Waals surface area contributed by atoms with Crippen molar-refractivity contribution < 1.29 is 14.7 Å². The maximum Gasteiger partial charge on any atom is 0.329 e. The Kier molecular flexibility index (Phi) is 3.26. The van der Waals surface area contributed by atoms with Crippen LogP contribution in [0.1, 0.15) is 39.0 Å². The lowest BCUT2D eigenvalue weighted by Gasteiger charge is -2.46. The number of rotatable bonds is 2. The predicted molar refractivity (Wildman–Crippen MR) is 62.7 cm³/mol. The van der Waals surface area contributed by atoms with Crippen LogP contribution in [0.3, 0.4) is 0 Å². The Bertz CT molecular complexity index is 332. The molecule has 1 saturated heterocycles. The highest BCUT2D eigenvalue weighted by atomic mass is 16.4. The van der Waals surface area contributed by atoms with Crippen molar-refractivity contribution in [3.05, 3.63) is 0 Å². The topological polar surface area (TPSA) is 69.6 Å². The summed E-state index contributed by atoms with van der Waals surface area (Å²) in [4.78, 5) is 25.1. The molecule has 2 rings (SSSR count). The molecule has 1 saturated carbocycles. The fourth-order valence-electron chi connectivity index (χ4n) is 3.12. The molecule has 1 heterocycles. The van der Waals surface area contributed by atoms with Crippen molar-refractivity contribution in [1.82, 2.24) is 10.2 Å². The van der Waals surface area contributed by atoms with Gasteiger partial charge in [-0.1, -0.05) is 19.8 Å². The van der Waals surface area contributed by atoms with Crippen LogP contribution in [-0.4, -0.2) is 40.6 Å². The molecule has 5 heteroatoms. The van der Waals surface area contributed by atoms with Crippen LogP contribution < -0.4 is 5.32 Å². The third-order valence-corrected chi connectivity index (χ3v) is 3.97. The van der Waals surface area contributed by atoms with E-state index < -0.39 is 11.5 Å². The molecule has 0 aromatic carbocycles. The highest BCUT2D eigenvalue weighted by molar-refractivity contribution is 5.86. The van der Waals surface area contributed by atoms with E-state index in [0.29, 0.717) is 31.8 Å². The zero-order valence-electron chi connectivity index (χ0n) is 10.2. The van der Waals surface area contributed by atoms with Crippen LogP contribution in [0.5, 0.6) is 0 Å². The highest BCUT2D eigenvalue weighted by Crippen LogP contribution is 2.37. The highest BCUT2D eigenvalue weighted by Gasteiger charge is 2.49. The van der Waals surface area contributed by atoms with E-state index in [4.69, 9.17) is 0 Å². The summed E-state index contributed by atoms with van der Waals surface area (Å²) in [5.74, 6) is -0.476. The summed E-state index contributed by atoms with van der Waals surface area (Å²) in [6.07, 6.45) is 3.94. The van der Waals surface area contributed by atoms with Gasteiger partial charge in [0.15, 0.2) is 0 Å². The van der Waals surface area contributed by atoms with E-state index >= 15 is 0 Å². The maximum absolute atomic E-state index is 11.9. The van der Waals surface area contributed by atoms with Gasteiger partial charge in [0.2, 0.25) is 0 Å². The van der Waals surface area contributed by atoms with Crippen molar-refractivity contribution in [1.29, 1.82) is 0 Å². The van der Waals surface area contributed by atoms with Gasteiger partial charge in [-0.15, -0.1) is 0 Å². The zero-order valence-corrected chi connectivity index (χ0v) is 10.2. The Balaban J connectivity index is 2.26. The molecular formula is C12H20N2O3. The minimum atomic E-state index is -0.970. The minimum absolute atomic E-state index is 0.215. The van der Waals surface area contributed by atoms with Crippen molar-refractivity contribution in [2.45, 2.75) is 44.6 Å². The van der Waals surface area contributed by atoms with Crippen LogP contribution in [0.2, 0.25) is 0 Å². The first-order chi connectivity index (χ1) is 8.06. The zero-order chi connectivity index (χ0) is 12.5. The van der Waals surface area contributed by atoms with Crippen molar-refractivity contribution in [2.24, 2.45) is 5.92 Å². The summed E-state index contributed by atoms with van der Waals surface area (Å²) in [5.41, 5.74) is -0.970. The molecule has 0 aromatic rings. The Morgan fingerprint density at radius 2 is 2.29 bits per heavy atom. The summed E-state index contributed by atoms with van der Waals surface area (Å²) in [6.45, 7) is 3.28. The van der Waals surface area contributed by atoms with E-state index in [1.807, 2.05) is 0 Å². The number of hydrogen-bond acceptors (Lipinski definition) is 2. The van der Waals surface area contributed by atoms with Crippen LogP contribution in [0.15, 0.2) is 0 Å². The van der Waals surface area contributed by atoms with Gasteiger partial charge in [-0.3, -0.25) is 0 Å². The van der Waals surface area contributed by atoms with Crippen LogP contribution in [0.4, 0.5) is 4.79 Å². The van der Waals surface area contributed by atoms with Gasteiger partial charge in [0.05, 0.1) is 0 Å². The number of nitrogens with zero attached hydrogens (tertiary/aromatic N) is 1. The van der Waals surface area contributed by atoms with Crippen molar-refractivity contribution in [2.75, 3.05) is 13.1 Å². The van der Waals surface area contributed by atoms with Gasteiger partial charge < -0.3 is 15.3 Å². The van der Waals surface area contributed by atoms with Crippen LogP contribution in [0.25, 0.3) is 0 Å². The number of aliphatic carboxylic acids is 1. The first-order valence-corrected chi connectivity index (χ1v) is 6.35. The molecule has 0 spiro atoms. The first kappa shape index (κ1) is 12.2. The summed E-state index contributed by atoms with van der Waals surface area (Å²) in [5, 5.41) is 12.3. The molecule has 17 heavy (non-hydrogen) atoms. The second-order valence-corrected chi connectivity index (χ2v) is 5.28. The standard InChI is InChI=1S/C12H20N2O3/c1-9-4-2-5-12(8-9,10(15)16)14-7-3-6-13-11(14)17/h9H,2-8H2,1H3,(H,13,17)(H,15,16). The van der Waals surface area contributed by atoms with Gasteiger partial charge in [0.1, 0.15) is 5.54 Å². The van der Waals surface area contributed by atoms with Crippen molar-refractivity contribution >= 4 is 12.0 Å². The summed E-state index contributed by atoms with van der Waals surface area (Å²) >= 11 is 0. The molecule has 0 bridgehead atoms. The average molecular weight is 240 g/mol. The van der Waals surface area contributed by atoms with Crippen LogP contribution in [-0.2, 0) is 4.79 Å². The van der Waals surface area contributed by atoms with Gasteiger partial charge in [-0.05, 0) is 25.2 Å². The molecule has 1 aliphatic heterocycles. The molecule has 2 amide bonds. The maximum atomic E-state index is 11.9. The quantitative estimate of drug-likeness (QED) is 0.767. The Morgan fingerprint density at radius 3 is 2.88 bits per heavy atom. The van der Waals surface area contributed by atoms with E-state index in [0.717, 1.165) is 19.3 Å². The lowest BCUT2D eigenvalue weighted by atomic mass is 9.75. The van der Waals surface area contributed by atoms with E-state index in [1.165, 1.54) is 0 Å². The molecule has 2 fully saturated rings. The lowest BCUT2D eigenvalue weighted by Crippen LogP contribution is -2.63. The molecule has 5 nitrogen and oxygen atoms in total. The van der Waals surface area contributed by atoms with Gasteiger partial charge >= 0.3 is 12.0 Å². The van der Waals surface area contributed by atoms with Crippen LogP contribution >= 0.6 is 0 Å². The third-order valence-electron chi connectivity index (χ3n) is 3.97. The Hall–Kier alpha value is -1.26. The molecule has 1 aliphatic carbocycles. The lowest BCUT2D eigenvalue weighted by molar-refractivity contribution is -0.153. The summed E-state index contributed by atoms with van der Waals surface area (Å²) in [6, 6.07) is -0.215. The first-order valence-electron chi connectivity index (χ1n) is 6.35. The fourth-order valence-corrected chi connectivity index (χ4v) is 3.12. The second kappa shape index (κ2) is 4.55. The predicted octanol–water partition coefficient (Wildman–Crippen LogP) is 1.44. The average Bonchev–Trinajstić information content (AvgIpc) is 2.29. The molecule has 2 unspecified atom stereocenters. The number of amides is 2. The number of carbonyl (C=O) groups is 2. The van der Waals surface area contributed by atoms with E-state index in [1.54, 1.807) is 4.90 Å². The molecule has 0 radical (unpaired) electrons. The number of nitrogens with one attached hydrogen (secondary N) is 1. The largest absolute Gasteiger partial charge is 0.479 e. The second-order valence-electron chi connectivity index (χ2n) is 5.28. The molecule has 2 aliphatic rings. The van der Waals surface area contributed by atoms with Crippen molar-refractivity contribution in [3.8, 4) is 0 Å². The number of urea groups is 1. The number of carboxylic acid groups (broad SMARTS) is 1. The monoisotopic (exact) mass is 240 g/mol. The molecule has 0 aromatic heterocycles. The molecule has 96 valence electrons. The minimum Gasteiger partial charge on any atom is -0.479 e. The van der Waals surface area contributed by atoms with E-state index in [9.17, 15) is 14.7 Å². The number of carboxylic acids is 1. The van der Waals surface area contributed by atoms with Gasteiger partial charge in [0, 0.05) is 13.1 Å². The summed E-state index contributed by atoms with van der Waals surface area (Å²) in [7, 11) is 0. The van der Waals surface area contributed by atoms with Gasteiger partial charge in [0.25, 0.3) is 0 Å². The Labute approximate surface area is 101 Å². The SMILES string of the molecule is CC1CCCC(C(=O)O)(N2CCCNC2=O)C1. The fraction of sp³-hybridized carbons (Fsp3) is 0.833. The van der Waals surface area contributed by atoms with Gasteiger partial charge in [-0.2, -0.15) is 0 Å². The Morgan fingerprint density at radius 1 is 1.53 bits per heavy atom. The molecule has 2 N–H and O–H groups in total. The summed E-state index contributed by atoms with van der Waals surface area (Å²) < 4.78 is 0. The third kappa shape index (κ3) is 2.10. The van der Waals surface area contributed by atoms with E-state index in [-0.39, 0.29) is 6.03 Å². The van der Waals surface area contributed by atoms with Crippen molar-refractivity contribution in [3.63, 3.8) is 0 Å². The smallest absolute Gasteiger partial charge is 0.329 e. The molecular weight excluding hydrogens is 220 g/mol. The van der Waals surface area contributed by atoms with Gasteiger partial charge in [-0.25, -0.2) is 9.59 Å².